The molecule has 0 aliphatic carbocycles. The first-order valence-corrected chi connectivity index (χ1v) is 9.61. The largest absolute Gasteiger partial charge is 0.514 e. The van der Waals surface area contributed by atoms with Gasteiger partial charge >= 0.3 is 12.3 Å². The lowest BCUT2D eigenvalue weighted by Gasteiger charge is -2.18. The Balaban J connectivity index is 2.26. The van der Waals surface area contributed by atoms with Gasteiger partial charge in [0.2, 0.25) is 0 Å². The highest BCUT2D eigenvalue weighted by Gasteiger charge is 2.23. The monoisotopic (exact) mass is 422 g/mol. The lowest BCUT2D eigenvalue weighted by molar-refractivity contribution is 0.109. The molecule has 0 amide bonds. The summed E-state index contributed by atoms with van der Waals surface area (Å²) in [5, 5.41) is 2.05. The Morgan fingerprint density at radius 2 is 1.35 bits per heavy atom. The molecule has 0 atom stereocenters. The Kier molecular flexibility index (Phi) is 7.11. The molecule has 0 unspecified atom stereocenters. The van der Waals surface area contributed by atoms with Crippen LogP contribution in [0.5, 0.6) is 17.2 Å². The predicted molar refractivity (Wildman–Crippen MR) is 117 cm³/mol. The van der Waals surface area contributed by atoms with Crippen molar-refractivity contribution in [3.05, 3.63) is 67.8 Å². The second kappa shape index (κ2) is 10.2. The quantitative estimate of drug-likeness (QED) is 0.197. The Labute approximate surface area is 179 Å². The van der Waals surface area contributed by atoms with Crippen molar-refractivity contribution in [2.45, 2.75) is 6.92 Å². The second-order valence-electron chi connectivity index (χ2n) is 6.22. The van der Waals surface area contributed by atoms with Gasteiger partial charge in [-0.1, -0.05) is 61.7 Å². The van der Waals surface area contributed by atoms with Gasteiger partial charge in [0.05, 0.1) is 12.0 Å². The summed E-state index contributed by atoms with van der Waals surface area (Å²) in [6, 6.07) is 12.3. The van der Waals surface area contributed by atoms with Crippen LogP contribution < -0.4 is 14.2 Å². The molecule has 3 aromatic carbocycles. The van der Waals surface area contributed by atoms with Crippen LogP contribution in [0, 0.1) is 0 Å². The van der Waals surface area contributed by atoms with Gasteiger partial charge in [0.1, 0.15) is 19.0 Å². The standard InChI is InChI=1S/C24H22O7/c1-4-14-28-23(25)30-21-16-10-7-8-11-17(16)22(31-24(26)29-15-5-2)20-18(21)12-9-13-19(20)27-6-3/h4-5,7-13H,1-2,6,14-15H2,3H3. The molecule has 7 heteroatoms. The van der Waals surface area contributed by atoms with E-state index < -0.39 is 12.3 Å². The summed E-state index contributed by atoms with van der Waals surface area (Å²) in [5.41, 5.74) is 0. The first kappa shape index (κ1) is 21.7. The molecule has 7 nitrogen and oxygen atoms in total. The number of rotatable bonds is 8. The van der Waals surface area contributed by atoms with E-state index in [1.165, 1.54) is 12.2 Å². The van der Waals surface area contributed by atoms with Crippen molar-refractivity contribution in [1.29, 1.82) is 0 Å². The van der Waals surface area contributed by atoms with Crippen molar-refractivity contribution < 1.29 is 33.3 Å². The van der Waals surface area contributed by atoms with E-state index >= 15 is 0 Å². The zero-order valence-corrected chi connectivity index (χ0v) is 17.1. The van der Waals surface area contributed by atoms with Crippen molar-refractivity contribution >= 4 is 33.9 Å². The van der Waals surface area contributed by atoms with E-state index in [0.717, 1.165) is 0 Å². The summed E-state index contributed by atoms with van der Waals surface area (Å²) in [6.07, 6.45) is 1.11. The van der Waals surface area contributed by atoms with Gasteiger partial charge in [0, 0.05) is 16.2 Å². The molecular formula is C24H22O7. The van der Waals surface area contributed by atoms with E-state index in [-0.39, 0.29) is 24.7 Å². The van der Waals surface area contributed by atoms with Gasteiger partial charge in [-0.3, -0.25) is 0 Å². The lowest BCUT2D eigenvalue weighted by atomic mass is 10.00. The molecular weight excluding hydrogens is 400 g/mol. The summed E-state index contributed by atoms with van der Waals surface area (Å²) in [6.45, 7) is 9.26. The molecule has 160 valence electrons. The van der Waals surface area contributed by atoms with Crippen molar-refractivity contribution in [2.75, 3.05) is 19.8 Å². The van der Waals surface area contributed by atoms with E-state index in [1.54, 1.807) is 42.5 Å². The molecule has 3 rings (SSSR count). The minimum absolute atomic E-state index is 0.00333. The molecule has 0 aliphatic heterocycles. The van der Waals surface area contributed by atoms with Crippen molar-refractivity contribution in [3.8, 4) is 17.2 Å². The number of hydrogen-bond donors (Lipinski definition) is 0. The molecule has 0 aliphatic rings. The van der Waals surface area contributed by atoms with Crippen molar-refractivity contribution in [1.82, 2.24) is 0 Å². The zero-order valence-electron chi connectivity index (χ0n) is 17.1. The molecule has 0 bridgehead atoms. The van der Waals surface area contributed by atoms with E-state index in [0.29, 0.717) is 33.9 Å². The Morgan fingerprint density at radius 3 is 1.94 bits per heavy atom. The van der Waals surface area contributed by atoms with Crippen LogP contribution in [-0.4, -0.2) is 32.1 Å². The highest BCUT2D eigenvalue weighted by Crippen LogP contribution is 2.46. The molecule has 0 spiro atoms. The maximum atomic E-state index is 12.3. The minimum atomic E-state index is -0.892. The Bertz CT molecular complexity index is 1130. The fourth-order valence-corrected chi connectivity index (χ4v) is 3.08. The summed E-state index contributed by atoms with van der Waals surface area (Å²) >= 11 is 0. The van der Waals surface area contributed by atoms with Gasteiger partial charge in [-0.2, -0.15) is 0 Å². The summed E-state index contributed by atoms with van der Waals surface area (Å²) < 4.78 is 26.9. The van der Waals surface area contributed by atoms with E-state index in [1.807, 2.05) is 6.92 Å². The predicted octanol–water partition coefficient (Wildman–Crippen LogP) is 5.79. The van der Waals surface area contributed by atoms with Crippen LogP contribution in [0.15, 0.2) is 67.8 Å². The number of carbonyl (C=O) groups excluding carboxylic acids is 2. The molecule has 0 fully saturated rings. The third kappa shape index (κ3) is 4.78. The highest BCUT2D eigenvalue weighted by atomic mass is 16.7. The first-order chi connectivity index (χ1) is 15.1. The Hall–Kier alpha value is -4.00. The fraction of sp³-hybridized carbons (Fsp3) is 0.167. The van der Waals surface area contributed by atoms with Crippen LogP contribution in [-0.2, 0) is 9.47 Å². The summed E-state index contributed by atoms with van der Waals surface area (Å²) in [7, 11) is 0. The molecule has 3 aromatic rings. The average molecular weight is 422 g/mol. The van der Waals surface area contributed by atoms with Crippen molar-refractivity contribution in [2.24, 2.45) is 0 Å². The van der Waals surface area contributed by atoms with E-state index in [4.69, 9.17) is 23.7 Å². The number of ether oxygens (including phenoxy) is 5. The third-order valence-electron chi connectivity index (χ3n) is 4.22. The van der Waals surface area contributed by atoms with Gasteiger partial charge in [-0.05, 0) is 13.0 Å². The number of benzene rings is 3. The highest BCUT2D eigenvalue weighted by molar-refractivity contribution is 6.14. The van der Waals surface area contributed by atoms with Crippen LogP contribution in [0.2, 0.25) is 0 Å². The van der Waals surface area contributed by atoms with Crippen LogP contribution in [0.4, 0.5) is 9.59 Å². The second-order valence-corrected chi connectivity index (χ2v) is 6.22. The zero-order chi connectivity index (χ0) is 22.2. The fourth-order valence-electron chi connectivity index (χ4n) is 3.08. The van der Waals surface area contributed by atoms with Gasteiger partial charge in [-0.25, -0.2) is 9.59 Å². The molecule has 0 saturated carbocycles. The Morgan fingerprint density at radius 1 is 0.806 bits per heavy atom. The maximum absolute atomic E-state index is 12.3. The van der Waals surface area contributed by atoms with Crippen molar-refractivity contribution in [3.63, 3.8) is 0 Å². The molecule has 0 saturated heterocycles. The van der Waals surface area contributed by atoms with E-state index in [2.05, 4.69) is 13.2 Å². The molecule has 0 heterocycles. The van der Waals surface area contributed by atoms with Gasteiger partial charge in [-0.15, -0.1) is 0 Å². The first-order valence-electron chi connectivity index (χ1n) is 9.61. The molecule has 0 aromatic heterocycles. The maximum Gasteiger partial charge on any atom is 0.514 e. The smallest absolute Gasteiger partial charge is 0.493 e. The lowest BCUT2D eigenvalue weighted by Crippen LogP contribution is -2.13. The average Bonchev–Trinajstić information content (AvgIpc) is 2.78. The third-order valence-corrected chi connectivity index (χ3v) is 4.22. The van der Waals surface area contributed by atoms with Crippen LogP contribution in [0.1, 0.15) is 6.92 Å². The van der Waals surface area contributed by atoms with Gasteiger partial charge in [0.25, 0.3) is 0 Å². The topological polar surface area (TPSA) is 80.3 Å². The molecule has 0 N–H and O–H groups in total. The summed E-state index contributed by atoms with van der Waals surface area (Å²) in [4.78, 5) is 24.5. The van der Waals surface area contributed by atoms with Crippen LogP contribution in [0.25, 0.3) is 21.5 Å². The van der Waals surface area contributed by atoms with Gasteiger partial charge in [0.15, 0.2) is 11.5 Å². The van der Waals surface area contributed by atoms with Gasteiger partial charge < -0.3 is 23.7 Å². The normalized spacial score (nSPS) is 10.4. The SMILES string of the molecule is C=CCOC(=O)Oc1c2ccccc2c(OC(=O)OCC=C)c2c(OCC)cccc12. The molecule has 0 radical (unpaired) electrons. The minimum Gasteiger partial charge on any atom is -0.493 e. The number of fused-ring (bicyclic) bond motifs is 2. The van der Waals surface area contributed by atoms with Crippen LogP contribution >= 0.6 is 0 Å². The number of hydrogen-bond acceptors (Lipinski definition) is 7. The number of carbonyl (C=O) groups is 2. The van der Waals surface area contributed by atoms with Crippen LogP contribution in [0.3, 0.4) is 0 Å². The molecule has 31 heavy (non-hydrogen) atoms. The summed E-state index contributed by atoms with van der Waals surface area (Å²) in [5.74, 6) is 0.949. The van der Waals surface area contributed by atoms with E-state index in [9.17, 15) is 9.59 Å².